The van der Waals surface area contributed by atoms with Crippen LogP contribution in [0.4, 0.5) is 5.69 Å². The zero-order valence-electron chi connectivity index (χ0n) is 13.3. The monoisotopic (exact) mass is 334 g/mol. The summed E-state index contributed by atoms with van der Waals surface area (Å²) in [5.41, 5.74) is 2.25. The van der Waals surface area contributed by atoms with Crippen molar-refractivity contribution in [1.29, 1.82) is 0 Å². The number of halogens is 1. The molecule has 3 heterocycles. The number of nitrogens with zero attached hydrogens (tertiary/aromatic N) is 2. The predicted octanol–water partition coefficient (Wildman–Crippen LogP) is 2.87. The number of likely N-dealkylation sites (tertiary alicyclic amines) is 1. The summed E-state index contributed by atoms with van der Waals surface area (Å²) < 4.78 is 5.48. The van der Waals surface area contributed by atoms with Gasteiger partial charge >= 0.3 is 0 Å². The van der Waals surface area contributed by atoms with Crippen LogP contribution in [0.5, 0.6) is 0 Å². The van der Waals surface area contributed by atoms with Crippen molar-refractivity contribution in [2.75, 3.05) is 31.2 Å². The summed E-state index contributed by atoms with van der Waals surface area (Å²) in [6.45, 7) is 3.47. The first-order valence-electron chi connectivity index (χ1n) is 8.67. The molecule has 5 heteroatoms. The van der Waals surface area contributed by atoms with E-state index in [9.17, 15) is 4.79 Å². The third-order valence-corrected chi connectivity index (χ3v) is 5.68. The van der Waals surface area contributed by atoms with Crippen LogP contribution >= 0.6 is 11.6 Å². The molecule has 0 spiro atoms. The van der Waals surface area contributed by atoms with Gasteiger partial charge in [-0.25, -0.2) is 0 Å². The summed E-state index contributed by atoms with van der Waals surface area (Å²) >= 11 is 6.14. The lowest BCUT2D eigenvalue weighted by atomic mass is 10.1. The summed E-state index contributed by atoms with van der Waals surface area (Å²) in [5, 5.41) is 0.705. The standard InChI is InChI=1S/C18H23ClN2O2/c19-14-4-3-13-5-9-21(17(13)12-14)18(22)16-2-1-8-20(16)15-6-10-23-11-7-15/h3-4,12,15-16H,1-2,5-11H2/t16-/m1/s1. The lowest BCUT2D eigenvalue weighted by Gasteiger charge is -2.36. The van der Waals surface area contributed by atoms with E-state index in [1.54, 1.807) is 0 Å². The van der Waals surface area contributed by atoms with Gasteiger partial charge in [0.1, 0.15) is 0 Å². The fourth-order valence-electron chi connectivity index (χ4n) is 4.27. The van der Waals surface area contributed by atoms with Gasteiger partial charge < -0.3 is 9.64 Å². The molecule has 0 aliphatic carbocycles. The molecule has 2 fully saturated rings. The van der Waals surface area contributed by atoms with Crippen molar-refractivity contribution in [3.63, 3.8) is 0 Å². The van der Waals surface area contributed by atoms with Crippen LogP contribution in [0.2, 0.25) is 5.02 Å². The Morgan fingerprint density at radius 2 is 2.00 bits per heavy atom. The van der Waals surface area contributed by atoms with Crippen molar-refractivity contribution < 1.29 is 9.53 Å². The van der Waals surface area contributed by atoms with E-state index in [1.165, 1.54) is 5.56 Å². The Hall–Kier alpha value is -1.10. The largest absolute Gasteiger partial charge is 0.381 e. The van der Waals surface area contributed by atoms with Crippen LogP contribution in [0.3, 0.4) is 0 Å². The highest BCUT2D eigenvalue weighted by atomic mass is 35.5. The first-order valence-corrected chi connectivity index (χ1v) is 9.05. The number of benzene rings is 1. The number of rotatable bonds is 2. The maximum atomic E-state index is 13.2. The molecule has 3 aliphatic heterocycles. The van der Waals surface area contributed by atoms with Gasteiger partial charge in [0.2, 0.25) is 5.91 Å². The molecule has 1 aromatic rings. The van der Waals surface area contributed by atoms with E-state index in [0.717, 1.165) is 64.1 Å². The van der Waals surface area contributed by atoms with Gasteiger partial charge in [-0.15, -0.1) is 0 Å². The van der Waals surface area contributed by atoms with Crippen LogP contribution in [0, 0.1) is 0 Å². The molecule has 0 bridgehead atoms. The van der Waals surface area contributed by atoms with E-state index in [0.29, 0.717) is 11.1 Å². The molecule has 1 aromatic carbocycles. The van der Waals surface area contributed by atoms with Crippen LogP contribution in [-0.2, 0) is 16.0 Å². The second kappa shape index (κ2) is 6.42. The van der Waals surface area contributed by atoms with Crippen LogP contribution in [0.25, 0.3) is 0 Å². The highest BCUT2D eigenvalue weighted by molar-refractivity contribution is 6.31. The van der Waals surface area contributed by atoms with E-state index >= 15 is 0 Å². The lowest BCUT2D eigenvalue weighted by molar-refractivity contribution is -0.124. The molecule has 4 rings (SSSR count). The molecule has 1 atom stereocenters. The van der Waals surface area contributed by atoms with E-state index in [1.807, 2.05) is 17.0 Å². The number of hydrogen-bond acceptors (Lipinski definition) is 3. The Balaban J connectivity index is 1.54. The van der Waals surface area contributed by atoms with Crippen LogP contribution < -0.4 is 4.90 Å². The van der Waals surface area contributed by atoms with Crippen molar-refractivity contribution in [2.24, 2.45) is 0 Å². The van der Waals surface area contributed by atoms with Gasteiger partial charge in [-0.1, -0.05) is 17.7 Å². The zero-order valence-corrected chi connectivity index (χ0v) is 14.1. The van der Waals surface area contributed by atoms with E-state index in [-0.39, 0.29) is 11.9 Å². The number of carbonyl (C=O) groups excluding carboxylic acids is 1. The smallest absolute Gasteiger partial charge is 0.244 e. The maximum absolute atomic E-state index is 13.2. The van der Waals surface area contributed by atoms with E-state index < -0.39 is 0 Å². The van der Waals surface area contributed by atoms with Crippen molar-refractivity contribution in [3.05, 3.63) is 28.8 Å². The van der Waals surface area contributed by atoms with Crippen molar-refractivity contribution in [3.8, 4) is 0 Å². The first-order chi connectivity index (χ1) is 11.2. The van der Waals surface area contributed by atoms with Gasteiger partial charge in [0, 0.05) is 36.5 Å². The molecular formula is C18H23ClN2O2. The summed E-state index contributed by atoms with van der Waals surface area (Å²) in [5.74, 6) is 0.259. The lowest BCUT2D eigenvalue weighted by Crippen LogP contribution is -2.50. The number of carbonyl (C=O) groups is 1. The van der Waals surface area contributed by atoms with Crippen LogP contribution in [0.1, 0.15) is 31.2 Å². The van der Waals surface area contributed by atoms with E-state index in [2.05, 4.69) is 11.0 Å². The second-order valence-corrected chi connectivity index (χ2v) is 7.19. The Labute approximate surface area is 142 Å². The number of anilines is 1. The molecular weight excluding hydrogens is 312 g/mol. The maximum Gasteiger partial charge on any atom is 0.244 e. The molecule has 3 aliphatic rings. The topological polar surface area (TPSA) is 32.8 Å². The Bertz CT molecular complexity index is 601. The average Bonchev–Trinajstić information content (AvgIpc) is 3.21. The van der Waals surface area contributed by atoms with Crippen LogP contribution in [0.15, 0.2) is 18.2 Å². The highest BCUT2D eigenvalue weighted by Crippen LogP contribution is 2.34. The predicted molar refractivity (Wildman–Crippen MR) is 91.1 cm³/mol. The van der Waals surface area contributed by atoms with Crippen molar-refractivity contribution >= 4 is 23.2 Å². The molecule has 23 heavy (non-hydrogen) atoms. The Morgan fingerprint density at radius 1 is 1.17 bits per heavy atom. The van der Waals surface area contributed by atoms with Gasteiger partial charge in [0.05, 0.1) is 6.04 Å². The molecule has 0 unspecified atom stereocenters. The summed E-state index contributed by atoms with van der Waals surface area (Å²) in [7, 11) is 0. The average molecular weight is 335 g/mol. The first kappa shape index (κ1) is 15.4. The Morgan fingerprint density at radius 3 is 2.83 bits per heavy atom. The van der Waals surface area contributed by atoms with Gasteiger partial charge in [-0.05, 0) is 56.3 Å². The van der Waals surface area contributed by atoms with Crippen molar-refractivity contribution in [2.45, 2.75) is 44.2 Å². The second-order valence-electron chi connectivity index (χ2n) is 6.75. The SMILES string of the molecule is O=C([C@H]1CCCN1C1CCOCC1)N1CCc2ccc(Cl)cc21. The third-order valence-electron chi connectivity index (χ3n) is 5.45. The van der Waals surface area contributed by atoms with Gasteiger partial charge in [0.15, 0.2) is 0 Å². The van der Waals surface area contributed by atoms with Crippen LogP contribution in [-0.4, -0.2) is 49.2 Å². The fourth-order valence-corrected chi connectivity index (χ4v) is 4.44. The Kier molecular flexibility index (Phi) is 4.31. The molecule has 0 aromatic heterocycles. The normalized spacial score (nSPS) is 25.8. The van der Waals surface area contributed by atoms with E-state index in [4.69, 9.17) is 16.3 Å². The molecule has 124 valence electrons. The minimum absolute atomic E-state index is 0.0306. The zero-order chi connectivity index (χ0) is 15.8. The van der Waals surface area contributed by atoms with Crippen molar-refractivity contribution in [1.82, 2.24) is 4.90 Å². The van der Waals surface area contributed by atoms with Gasteiger partial charge in [-0.3, -0.25) is 9.69 Å². The molecule has 0 radical (unpaired) electrons. The fraction of sp³-hybridized carbons (Fsp3) is 0.611. The summed E-state index contributed by atoms with van der Waals surface area (Å²) in [6.07, 6.45) is 5.12. The molecule has 2 saturated heterocycles. The number of amides is 1. The van der Waals surface area contributed by atoms with Gasteiger partial charge in [-0.2, -0.15) is 0 Å². The molecule has 0 saturated carbocycles. The third kappa shape index (κ3) is 2.88. The number of fused-ring (bicyclic) bond motifs is 1. The molecule has 0 N–H and O–H groups in total. The number of ether oxygens (including phenoxy) is 1. The molecule has 4 nitrogen and oxygen atoms in total. The minimum Gasteiger partial charge on any atom is -0.381 e. The summed E-state index contributed by atoms with van der Waals surface area (Å²) in [6, 6.07) is 6.44. The minimum atomic E-state index is 0.0306. The number of hydrogen-bond donors (Lipinski definition) is 0. The summed E-state index contributed by atoms with van der Waals surface area (Å²) in [4.78, 5) is 17.6. The highest BCUT2D eigenvalue weighted by Gasteiger charge is 2.39. The van der Waals surface area contributed by atoms with Gasteiger partial charge in [0.25, 0.3) is 0 Å². The quantitative estimate of drug-likeness (QED) is 0.833. The molecule has 1 amide bonds.